The molecule has 1 fully saturated rings. The third kappa shape index (κ3) is 3.16. The van der Waals surface area contributed by atoms with Crippen LogP contribution in [0.2, 0.25) is 0 Å². The molecule has 1 aliphatic heterocycles. The number of sulfonamides is 1. The molecule has 130 valence electrons. The standard InChI is InChI=1S/C15H19N3O4S2/c16-7-9-18(13-6-10-23(19,20)11-13)24(21,22)14-5-1-3-12-4-2-8-17-15(12)14/h1-5,8,13H,6-7,9-11,16H2/t13-/m1/s1. The van der Waals surface area contributed by atoms with Gasteiger partial charge < -0.3 is 5.73 Å². The molecule has 3 rings (SSSR count). The van der Waals surface area contributed by atoms with E-state index in [0.717, 1.165) is 0 Å². The quantitative estimate of drug-likeness (QED) is 0.815. The van der Waals surface area contributed by atoms with Crippen molar-refractivity contribution < 1.29 is 16.8 Å². The van der Waals surface area contributed by atoms with E-state index < -0.39 is 25.9 Å². The number of nitrogens with zero attached hydrogens (tertiary/aromatic N) is 2. The first kappa shape index (κ1) is 17.3. The van der Waals surface area contributed by atoms with E-state index in [9.17, 15) is 16.8 Å². The van der Waals surface area contributed by atoms with Crippen LogP contribution in [-0.4, -0.2) is 56.8 Å². The number of rotatable bonds is 5. The third-order valence-electron chi connectivity index (χ3n) is 4.15. The van der Waals surface area contributed by atoms with Gasteiger partial charge in [0.15, 0.2) is 9.84 Å². The molecule has 2 heterocycles. The number of aromatic nitrogens is 1. The van der Waals surface area contributed by atoms with Gasteiger partial charge in [-0.05, 0) is 18.6 Å². The van der Waals surface area contributed by atoms with Gasteiger partial charge in [-0.2, -0.15) is 4.31 Å². The molecule has 0 aliphatic carbocycles. The van der Waals surface area contributed by atoms with Crippen molar-refractivity contribution in [3.05, 3.63) is 36.5 Å². The maximum atomic E-state index is 13.2. The summed E-state index contributed by atoms with van der Waals surface area (Å²) in [4.78, 5) is 4.27. The lowest BCUT2D eigenvalue weighted by molar-refractivity contribution is 0.347. The maximum Gasteiger partial charge on any atom is 0.245 e. The van der Waals surface area contributed by atoms with Gasteiger partial charge in [0.25, 0.3) is 0 Å². The Balaban J connectivity index is 2.09. The van der Waals surface area contributed by atoms with Crippen LogP contribution in [0.15, 0.2) is 41.4 Å². The van der Waals surface area contributed by atoms with Crippen molar-refractivity contribution in [1.29, 1.82) is 0 Å². The Labute approximate surface area is 141 Å². The molecule has 9 heteroatoms. The van der Waals surface area contributed by atoms with Gasteiger partial charge in [-0.25, -0.2) is 16.8 Å². The predicted octanol–water partition coefficient (Wildman–Crippen LogP) is 0.371. The average Bonchev–Trinajstić information content (AvgIpc) is 2.91. The molecule has 0 amide bonds. The van der Waals surface area contributed by atoms with Crippen LogP contribution in [0.5, 0.6) is 0 Å². The van der Waals surface area contributed by atoms with Crippen molar-refractivity contribution >= 4 is 30.8 Å². The van der Waals surface area contributed by atoms with Crippen LogP contribution in [0, 0.1) is 0 Å². The number of sulfone groups is 1. The highest BCUT2D eigenvalue weighted by molar-refractivity contribution is 7.92. The first-order valence-electron chi connectivity index (χ1n) is 7.61. The molecule has 7 nitrogen and oxygen atoms in total. The number of para-hydroxylation sites is 1. The Morgan fingerprint density at radius 1 is 1.25 bits per heavy atom. The zero-order valence-corrected chi connectivity index (χ0v) is 14.6. The summed E-state index contributed by atoms with van der Waals surface area (Å²) < 4.78 is 51.1. The third-order valence-corrected chi connectivity index (χ3v) is 7.88. The van der Waals surface area contributed by atoms with Crippen LogP contribution in [0.4, 0.5) is 0 Å². The minimum absolute atomic E-state index is 0.00203. The molecule has 2 N–H and O–H groups in total. The van der Waals surface area contributed by atoms with Crippen LogP contribution in [0.1, 0.15) is 6.42 Å². The van der Waals surface area contributed by atoms with E-state index in [1.807, 2.05) is 0 Å². The van der Waals surface area contributed by atoms with Gasteiger partial charge in [0, 0.05) is 30.7 Å². The van der Waals surface area contributed by atoms with E-state index in [1.54, 1.807) is 24.3 Å². The van der Waals surface area contributed by atoms with Crippen LogP contribution >= 0.6 is 0 Å². The van der Waals surface area contributed by atoms with Gasteiger partial charge >= 0.3 is 0 Å². The van der Waals surface area contributed by atoms with E-state index in [0.29, 0.717) is 17.3 Å². The molecule has 1 aromatic carbocycles. The molecule has 0 unspecified atom stereocenters. The summed E-state index contributed by atoms with van der Waals surface area (Å²) >= 11 is 0. The van der Waals surface area contributed by atoms with E-state index in [4.69, 9.17) is 5.73 Å². The van der Waals surface area contributed by atoms with Gasteiger partial charge in [0.2, 0.25) is 10.0 Å². The Kier molecular flexibility index (Phi) is 4.60. The maximum absolute atomic E-state index is 13.2. The fourth-order valence-electron chi connectivity index (χ4n) is 3.04. The van der Waals surface area contributed by atoms with Gasteiger partial charge in [0.05, 0.1) is 17.0 Å². The molecular weight excluding hydrogens is 350 g/mol. The topological polar surface area (TPSA) is 110 Å². The lowest BCUT2D eigenvalue weighted by atomic mass is 10.2. The minimum Gasteiger partial charge on any atom is -0.329 e. The Morgan fingerprint density at radius 2 is 2.00 bits per heavy atom. The zero-order chi connectivity index (χ0) is 17.4. The number of fused-ring (bicyclic) bond motifs is 1. The summed E-state index contributed by atoms with van der Waals surface area (Å²) in [5.41, 5.74) is 5.96. The molecule has 24 heavy (non-hydrogen) atoms. The fraction of sp³-hybridized carbons (Fsp3) is 0.400. The van der Waals surface area contributed by atoms with Crippen molar-refractivity contribution in [2.75, 3.05) is 24.6 Å². The lowest BCUT2D eigenvalue weighted by Crippen LogP contribution is -2.43. The summed E-state index contributed by atoms with van der Waals surface area (Å²) in [6.45, 7) is 0.194. The summed E-state index contributed by atoms with van der Waals surface area (Å²) in [6, 6.07) is 7.88. The first-order valence-corrected chi connectivity index (χ1v) is 10.9. The Morgan fingerprint density at radius 3 is 2.67 bits per heavy atom. The molecule has 2 aromatic rings. The van der Waals surface area contributed by atoms with Crippen LogP contribution in [0.3, 0.4) is 0 Å². The largest absolute Gasteiger partial charge is 0.329 e. The number of hydrogen-bond acceptors (Lipinski definition) is 6. The highest BCUT2D eigenvalue weighted by atomic mass is 32.2. The average molecular weight is 369 g/mol. The predicted molar refractivity (Wildman–Crippen MR) is 91.7 cm³/mol. The molecule has 1 aromatic heterocycles. The summed E-state index contributed by atoms with van der Waals surface area (Å²) in [5, 5.41) is 0.713. The van der Waals surface area contributed by atoms with Crippen LogP contribution in [-0.2, 0) is 19.9 Å². The van der Waals surface area contributed by atoms with E-state index >= 15 is 0 Å². The molecule has 0 bridgehead atoms. The molecule has 1 aliphatic rings. The van der Waals surface area contributed by atoms with Gasteiger partial charge in [-0.15, -0.1) is 0 Å². The van der Waals surface area contributed by atoms with Crippen LogP contribution < -0.4 is 5.73 Å². The second kappa shape index (κ2) is 6.40. The summed E-state index contributed by atoms with van der Waals surface area (Å²) in [6.07, 6.45) is 1.83. The summed E-state index contributed by atoms with van der Waals surface area (Å²) in [5.74, 6) is -0.160. The zero-order valence-electron chi connectivity index (χ0n) is 13.0. The van der Waals surface area contributed by atoms with E-state index in [-0.39, 0.29) is 29.5 Å². The molecular formula is C15H19N3O4S2. The monoisotopic (exact) mass is 369 g/mol. The minimum atomic E-state index is -3.90. The lowest BCUT2D eigenvalue weighted by Gasteiger charge is -2.27. The highest BCUT2D eigenvalue weighted by Crippen LogP contribution is 2.28. The normalized spacial score (nSPS) is 20.7. The molecule has 0 radical (unpaired) electrons. The number of pyridine rings is 1. The van der Waals surface area contributed by atoms with Crippen molar-refractivity contribution in [2.45, 2.75) is 17.4 Å². The smallest absolute Gasteiger partial charge is 0.245 e. The van der Waals surface area contributed by atoms with E-state index in [2.05, 4.69) is 4.98 Å². The summed E-state index contributed by atoms with van der Waals surface area (Å²) in [7, 11) is -7.10. The van der Waals surface area contributed by atoms with Gasteiger partial charge in [-0.1, -0.05) is 18.2 Å². The van der Waals surface area contributed by atoms with E-state index in [1.165, 1.54) is 16.6 Å². The Bertz CT molecular complexity index is 952. The number of benzene rings is 1. The van der Waals surface area contributed by atoms with Crippen molar-refractivity contribution in [3.8, 4) is 0 Å². The SMILES string of the molecule is NCCN([C@@H]1CCS(=O)(=O)C1)S(=O)(=O)c1cccc2cccnc12. The molecule has 1 atom stereocenters. The van der Waals surface area contributed by atoms with Crippen molar-refractivity contribution in [3.63, 3.8) is 0 Å². The first-order chi connectivity index (χ1) is 11.3. The van der Waals surface area contributed by atoms with Crippen LogP contribution in [0.25, 0.3) is 10.9 Å². The van der Waals surface area contributed by atoms with Crippen molar-refractivity contribution in [1.82, 2.24) is 9.29 Å². The van der Waals surface area contributed by atoms with Gasteiger partial charge in [-0.3, -0.25) is 4.98 Å². The number of hydrogen-bond donors (Lipinski definition) is 1. The second-order valence-corrected chi connectivity index (χ2v) is 9.88. The molecule has 0 saturated carbocycles. The molecule has 1 saturated heterocycles. The van der Waals surface area contributed by atoms with Gasteiger partial charge in [0.1, 0.15) is 4.90 Å². The Hall–Kier alpha value is -1.55. The fourth-order valence-corrected chi connectivity index (χ4v) is 6.70. The molecule has 0 spiro atoms. The van der Waals surface area contributed by atoms with Crippen molar-refractivity contribution in [2.24, 2.45) is 5.73 Å². The highest BCUT2D eigenvalue weighted by Gasteiger charge is 2.39. The number of nitrogens with two attached hydrogens (primary N) is 1. The second-order valence-electron chi connectivity index (χ2n) is 5.79.